The molecule has 0 saturated carbocycles. The molecule has 3 aliphatic heterocycles. The van der Waals surface area contributed by atoms with Crippen LogP contribution in [0.5, 0.6) is 0 Å². The van der Waals surface area contributed by atoms with Crippen molar-refractivity contribution in [2.24, 2.45) is 5.92 Å². The van der Waals surface area contributed by atoms with Gasteiger partial charge in [0.2, 0.25) is 0 Å². The van der Waals surface area contributed by atoms with Gasteiger partial charge >= 0.3 is 5.97 Å². The first-order chi connectivity index (χ1) is 7.31. The second kappa shape index (κ2) is 3.46. The maximum atomic E-state index is 11.4. The first-order valence-electron chi connectivity index (χ1n) is 5.79. The quantitative estimate of drug-likeness (QED) is 0.512. The van der Waals surface area contributed by atoms with E-state index in [1.165, 1.54) is 0 Å². The van der Waals surface area contributed by atoms with E-state index in [0.29, 0.717) is 0 Å². The van der Waals surface area contributed by atoms with Crippen LogP contribution in [0.25, 0.3) is 0 Å². The van der Waals surface area contributed by atoms with E-state index in [9.17, 15) is 4.79 Å². The highest BCUT2D eigenvalue weighted by Crippen LogP contribution is 2.47. The summed E-state index contributed by atoms with van der Waals surface area (Å²) in [5.74, 6) is -0.0971. The van der Waals surface area contributed by atoms with E-state index in [-0.39, 0.29) is 36.3 Å². The van der Waals surface area contributed by atoms with Gasteiger partial charge in [0.1, 0.15) is 12.2 Å². The van der Waals surface area contributed by atoms with Gasteiger partial charge in [-0.3, -0.25) is 4.79 Å². The molecule has 3 rings (SSSR count). The number of ether oxygens (including phenoxy) is 3. The van der Waals surface area contributed by atoms with Crippen LogP contribution in [-0.4, -0.2) is 37.0 Å². The molecule has 3 fully saturated rings. The topological polar surface area (TPSA) is 44.8 Å². The highest BCUT2D eigenvalue weighted by atomic mass is 16.6. The number of hydrogen-bond acceptors (Lipinski definition) is 4. The lowest BCUT2D eigenvalue weighted by Gasteiger charge is -2.22. The van der Waals surface area contributed by atoms with Crippen molar-refractivity contribution in [3.63, 3.8) is 0 Å². The smallest absolute Gasteiger partial charge is 0.312 e. The van der Waals surface area contributed by atoms with Gasteiger partial charge in [-0.1, -0.05) is 13.3 Å². The Morgan fingerprint density at radius 3 is 3.13 bits per heavy atom. The summed E-state index contributed by atoms with van der Waals surface area (Å²) in [5, 5.41) is 0. The third-order valence-electron chi connectivity index (χ3n) is 3.59. The molecule has 0 aliphatic carbocycles. The summed E-state index contributed by atoms with van der Waals surface area (Å²) in [6.07, 6.45) is 2.90. The standard InChI is InChI=1S/C11H16O4/c1-2-3-4-13-9-7-5-6-8(14-7)10(9)15-11(6)12/h6-10H,2-5H2,1H3/t6?,7?,8?,9?,10-/m1/s1. The minimum Gasteiger partial charge on any atom is -0.456 e. The monoisotopic (exact) mass is 212 g/mol. The fraction of sp³-hybridized carbons (Fsp3) is 0.909. The zero-order chi connectivity index (χ0) is 10.4. The molecule has 4 nitrogen and oxygen atoms in total. The molecule has 4 heteroatoms. The Balaban J connectivity index is 1.65. The summed E-state index contributed by atoms with van der Waals surface area (Å²) >= 11 is 0. The highest BCUT2D eigenvalue weighted by Gasteiger charge is 2.63. The molecule has 4 unspecified atom stereocenters. The van der Waals surface area contributed by atoms with Crippen LogP contribution in [-0.2, 0) is 19.0 Å². The Morgan fingerprint density at radius 2 is 2.33 bits per heavy atom. The summed E-state index contributed by atoms with van der Waals surface area (Å²) in [6, 6.07) is 0. The SMILES string of the molecule is CCCCOC1C2CC3C(=O)O[C@@H]1C3O2. The zero-order valence-corrected chi connectivity index (χ0v) is 8.85. The van der Waals surface area contributed by atoms with Gasteiger partial charge in [-0.15, -0.1) is 0 Å². The molecule has 3 saturated heterocycles. The molecule has 0 aromatic rings. The number of unbranched alkanes of at least 4 members (excludes halogenated alkanes) is 1. The van der Waals surface area contributed by atoms with Crippen molar-refractivity contribution in [1.82, 2.24) is 0 Å². The van der Waals surface area contributed by atoms with E-state index >= 15 is 0 Å². The van der Waals surface area contributed by atoms with Crippen molar-refractivity contribution in [2.75, 3.05) is 6.61 Å². The van der Waals surface area contributed by atoms with Gasteiger partial charge in [-0.2, -0.15) is 0 Å². The predicted molar refractivity (Wildman–Crippen MR) is 51.3 cm³/mol. The van der Waals surface area contributed by atoms with Crippen molar-refractivity contribution in [2.45, 2.75) is 50.6 Å². The lowest BCUT2D eigenvalue weighted by Crippen LogP contribution is -2.38. The average Bonchev–Trinajstić information content (AvgIpc) is 2.81. The van der Waals surface area contributed by atoms with Gasteiger partial charge < -0.3 is 14.2 Å². The maximum Gasteiger partial charge on any atom is 0.312 e. The first-order valence-corrected chi connectivity index (χ1v) is 5.79. The second-order valence-corrected chi connectivity index (χ2v) is 4.57. The summed E-state index contributed by atoms with van der Waals surface area (Å²) in [6.45, 7) is 2.87. The number of esters is 1. The van der Waals surface area contributed by atoms with Gasteiger partial charge in [-0.05, 0) is 12.8 Å². The van der Waals surface area contributed by atoms with E-state index in [1.54, 1.807) is 0 Å². The minimum atomic E-state index is -0.127. The first kappa shape index (κ1) is 9.60. The minimum absolute atomic E-state index is 0.00831. The molecule has 84 valence electrons. The number of hydrogen-bond donors (Lipinski definition) is 0. The molecule has 2 bridgehead atoms. The van der Waals surface area contributed by atoms with Crippen LogP contribution in [0.4, 0.5) is 0 Å². The van der Waals surface area contributed by atoms with Crippen LogP contribution in [0.1, 0.15) is 26.2 Å². The van der Waals surface area contributed by atoms with Crippen molar-refractivity contribution in [1.29, 1.82) is 0 Å². The molecule has 5 atom stereocenters. The van der Waals surface area contributed by atoms with Crippen molar-refractivity contribution >= 4 is 5.97 Å². The van der Waals surface area contributed by atoms with Crippen molar-refractivity contribution in [3.05, 3.63) is 0 Å². The van der Waals surface area contributed by atoms with Crippen LogP contribution in [0.3, 0.4) is 0 Å². The molecule has 0 radical (unpaired) electrons. The number of carbonyl (C=O) groups excluding carboxylic acids is 1. The van der Waals surface area contributed by atoms with Gasteiger partial charge in [0.25, 0.3) is 0 Å². The van der Waals surface area contributed by atoms with E-state index in [2.05, 4.69) is 6.92 Å². The van der Waals surface area contributed by atoms with Gasteiger partial charge in [0.05, 0.1) is 12.0 Å². The number of fused-ring (bicyclic) bond motifs is 1. The van der Waals surface area contributed by atoms with Gasteiger partial charge in [0, 0.05) is 6.61 Å². The van der Waals surface area contributed by atoms with Gasteiger partial charge in [0.15, 0.2) is 6.10 Å². The molecule has 3 heterocycles. The van der Waals surface area contributed by atoms with Gasteiger partial charge in [-0.25, -0.2) is 0 Å². The lowest BCUT2D eigenvalue weighted by atomic mass is 9.88. The fourth-order valence-corrected chi connectivity index (χ4v) is 2.80. The van der Waals surface area contributed by atoms with Crippen molar-refractivity contribution < 1.29 is 19.0 Å². The summed E-state index contributed by atoms with van der Waals surface area (Å²) in [7, 11) is 0. The predicted octanol–water partition coefficient (Wildman–Crippen LogP) is 0.884. The molecule has 15 heavy (non-hydrogen) atoms. The normalized spacial score (nSPS) is 46.2. The summed E-state index contributed by atoms with van der Waals surface area (Å²) in [5.41, 5.74) is 0. The largest absolute Gasteiger partial charge is 0.456 e. The van der Waals surface area contributed by atoms with Crippen LogP contribution < -0.4 is 0 Å². The molecule has 0 spiro atoms. The summed E-state index contributed by atoms with van der Waals surface area (Å²) in [4.78, 5) is 11.4. The molecule has 0 aromatic heterocycles. The number of rotatable bonds is 4. The summed E-state index contributed by atoms with van der Waals surface area (Å²) < 4.78 is 16.7. The molecule has 3 aliphatic rings. The third-order valence-corrected chi connectivity index (χ3v) is 3.59. The molecule has 0 N–H and O–H groups in total. The maximum absolute atomic E-state index is 11.4. The van der Waals surface area contributed by atoms with E-state index in [1.807, 2.05) is 0 Å². The van der Waals surface area contributed by atoms with Crippen LogP contribution in [0, 0.1) is 5.92 Å². The van der Waals surface area contributed by atoms with Crippen LogP contribution >= 0.6 is 0 Å². The Bertz CT molecular complexity index is 278. The lowest BCUT2D eigenvalue weighted by molar-refractivity contribution is -0.147. The Hall–Kier alpha value is -0.610. The molecule has 0 aromatic carbocycles. The Labute approximate surface area is 88.9 Å². The zero-order valence-electron chi connectivity index (χ0n) is 8.85. The van der Waals surface area contributed by atoms with Crippen LogP contribution in [0.2, 0.25) is 0 Å². The number of carbonyl (C=O) groups is 1. The van der Waals surface area contributed by atoms with E-state index < -0.39 is 0 Å². The Kier molecular flexibility index (Phi) is 2.21. The second-order valence-electron chi connectivity index (χ2n) is 4.57. The highest BCUT2D eigenvalue weighted by molar-refractivity contribution is 5.77. The molecular formula is C11H16O4. The molecule has 0 amide bonds. The fourth-order valence-electron chi connectivity index (χ4n) is 2.80. The van der Waals surface area contributed by atoms with Crippen LogP contribution in [0.15, 0.2) is 0 Å². The average molecular weight is 212 g/mol. The Morgan fingerprint density at radius 1 is 1.47 bits per heavy atom. The third kappa shape index (κ3) is 1.31. The molecular weight excluding hydrogens is 196 g/mol. The van der Waals surface area contributed by atoms with Crippen molar-refractivity contribution in [3.8, 4) is 0 Å². The van der Waals surface area contributed by atoms with E-state index in [0.717, 1.165) is 25.9 Å². The van der Waals surface area contributed by atoms with E-state index in [4.69, 9.17) is 14.2 Å².